The molecule has 0 aromatic carbocycles. The van der Waals surface area contributed by atoms with E-state index in [0.29, 0.717) is 5.82 Å². The molecule has 0 radical (unpaired) electrons. The number of aliphatic imine (C=N–C) groups is 1. The summed E-state index contributed by atoms with van der Waals surface area (Å²) in [5.41, 5.74) is 0. The van der Waals surface area contributed by atoms with Gasteiger partial charge in [0.05, 0.1) is 0 Å². The van der Waals surface area contributed by atoms with Crippen LogP contribution in [0.4, 0.5) is 0 Å². The van der Waals surface area contributed by atoms with Crippen LogP contribution in [0.1, 0.15) is 0 Å². The molecule has 0 bridgehead atoms. The summed E-state index contributed by atoms with van der Waals surface area (Å²) in [6.07, 6.45) is 7.65. The van der Waals surface area contributed by atoms with Crippen LogP contribution in [0.15, 0.2) is 41.9 Å². The minimum Gasteiger partial charge on any atom is -0.347 e. The zero-order chi connectivity index (χ0) is 8.81. The van der Waals surface area contributed by atoms with Gasteiger partial charge in [-0.1, -0.05) is 6.58 Å². The summed E-state index contributed by atoms with van der Waals surface area (Å²) in [6, 6.07) is 0. The molecule has 1 aliphatic heterocycles. The summed E-state index contributed by atoms with van der Waals surface area (Å²) in [6.45, 7) is 3.33. The lowest BCUT2D eigenvalue weighted by Gasteiger charge is -2.04. The SMILES string of the molecule is C=CC(=O)NC1=CC=NC=CN1. The Balaban J connectivity index is 2.57. The molecule has 62 valence electrons. The highest BCUT2D eigenvalue weighted by atomic mass is 16.1. The van der Waals surface area contributed by atoms with Crippen molar-refractivity contribution in [2.75, 3.05) is 0 Å². The van der Waals surface area contributed by atoms with Crippen LogP contribution in [0, 0.1) is 0 Å². The molecular weight excluding hydrogens is 154 g/mol. The Morgan fingerprint density at radius 3 is 3.33 bits per heavy atom. The van der Waals surface area contributed by atoms with E-state index in [1.54, 1.807) is 24.7 Å². The third-order valence-corrected chi connectivity index (χ3v) is 1.17. The van der Waals surface area contributed by atoms with Crippen LogP contribution in [0.5, 0.6) is 0 Å². The van der Waals surface area contributed by atoms with Crippen LogP contribution >= 0.6 is 0 Å². The van der Waals surface area contributed by atoms with Gasteiger partial charge in [0.1, 0.15) is 5.82 Å². The van der Waals surface area contributed by atoms with Gasteiger partial charge in [0, 0.05) is 18.6 Å². The third-order valence-electron chi connectivity index (χ3n) is 1.17. The highest BCUT2D eigenvalue weighted by Gasteiger charge is 1.97. The monoisotopic (exact) mass is 163 g/mol. The lowest BCUT2D eigenvalue weighted by Crippen LogP contribution is -2.27. The standard InChI is InChI=1S/C8H9N3O/c1-2-8(12)11-7-3-4-9-5-6-10-7/h2-6,10H,1H2,(H,11,12). The van der Waals surface area contributed by atoms with Gasteiger partial charge in [-0.15, -0.1) is 0 Å². The molecule has 1 rings (SSSR count). The van der Waals surface area contributed by atoms with E-state index < -0.39 is 0 Å². The molecule has 0 aromatic heterocycles. The molecule has 12 heavy (non-hydrogen) atoms. The first-order chi connectivity index (χ1) is 5.83. The minimum absolute atomic E-state index is 0.252. The Labute approximate surface area is 70.4 Å². The third kappa shape index (κ3) is 2.42. The molecule has 1 amide bonds. The lowest BCUT2D eigenvalue weighted by atomic mass is 10.5. The summed E-state index contributed by atoms with van der Waals surface area (Å²) in [5.74, 6) is 0.329. The Bertz CT molecular complexity index is 276. The number of nitrogens with zero attached hydrogens (tertiary/aromatic N) is 1. The van der Waals surface area contributed by atoms with Crippen molar-refractivity contribution in [2.24, 2.45) is 4.99 Å². The van der Waals surface area contributed by atoms with Gasteiger partial charge in [-0.25, -0.2) is 0 Å². The van der Waals surface area contributed by atoms with E-state index in [2.05, 4.69) is 22.2 Å². The molecule has 4 heteroatoms. The van der Waals surface area contributed by atoms with Crippen LogP contribution in [0.2, 0.25) is 0 Å². The number of allylic oxidation sites excluding steroid dienone is 1. The fraction of sp³-hybridized carbons (Fsp3) is 0. The van der Waals surface area contributed by atoms with E-state index in [1.807, 2.05) is 0 Å². The summed E-state index contributed by atoms with van der Waals surface area (Å²) >= 11 is 0. The molecule has 4 nitrogen and oxygen atoms in total. The van der Waals surface area contributed by atoms with Crippen LogP contribution in [0.25, 0.3) is 0 Å². The Kier molecular flexibility index (Phi) is 2.84. The largest absolute Gasteiger partial charge is 0.347 e. The zero-order valence-electron chi connectivity index (χ0n) is 6.45. The number of carbonyl (C=O) groups excluding carboxylic acids is 1. The molecule has 0 fully saturated rings. The second kappa shape index (κ2) is 4.12. The van der Waals surface area contributed by atoms with Gasteiger partial charge >= 0.3 is 0 Å². The van der Waals surface area contributed by atoms with Gasteiger partial charge in [-0.2, -0.15) is 0 Å². The predicted molar refractivity (Wildman–Crippen MR) is 47.2 cm³/mol. The van der Waals surface area contributed by atoms with Gasteiger partial charge in [0.2, 0.25) is 5.91 Å². The van der Waals surface area contributed by atoms with E-state index in [0.717, 1.165) is 0 Å². The minimum atomic E-state index is -0.252. The van der Waals surface area contributed by atoms with Crippen LogP contribution in [-0.2, 0) is 4.79 Å². The Morgan fingerprint density at radius 2 is 2.58 bits per heavy atom. The molecule has 0 aromatic rings. The second-order valence-electron chi connectivity index (χ2n) is 2.03. The van der Waals surface area contributed by atoms with Crippen LogP contribution < -0.4 is 10.6 Å². The normalized spacial score (nSPS) is 14.2. The maximum atomic E-state index is 10.8. The second-order valence-corrected chi connectivity index (χ2v) is 2.03. The first-order valence-corrected chi connectivity index (χ1v) is 3.41. The van der Waals surface area contributed by atoms with E-state index in [4.69, 9.17) is 0 Å². The molecule has 0 unspecified atom stereocenters. The molecule has 1 aliphatic rings. The molecule has 0 aliphatic carbocycles. The van der Waals surface area contributed by atoms with Gasteiger partial charge in [-0.3, -0.25) is 9.79 Å². The van der Waals surface area contributed by atoms with E-state index in [-0.39, 0.29) is 5.91 Å². The fourth-order valence-corrected chi connectivity index (χ4v) is 0.647. The predicted octanol–water partition coefficient (Wildman–Crippen LogP) is 0.275. The fourth-order valence-electron chi connectivity index (χ4n) is 0.647. The number of hydrogen-bond donors (Lipinski definition) is 2. The van der Waals surface area contributed by atoms with E-state index >= 15 is 0 Å². The van der Waals surface area contributed by atoms with Crippen molar-refractivity contribution in [1.82, 2.24) is 10.6 Å². The number of carbonyl (C=O) groups is 1. The molecule has 0 saturated heterocycles. The molecule has 0 atom stereocenters. The number of amides is 1. The van der Waals surface area contributed by atoms with Crippen molar-refractivity contribution in [3.8, 4) is 0 Å². The topological polar surface area (TPSA) is 53.5 Å². The number of nitrogens with one attached hydrogen (secondary N) is 2. The van der Waals surface area contributed by atoms with Gasteiger partial charge in [-0.05, 0) is 12.2 Å². The lowest BCUT2D eigenvalue weighted by molar-refractivity contribution is -0.115. The summed E-state index contributed by atoms with van der Waals surface area (Å²) in [4.78, 5) is 14.6. The Hall–Kier alpha value is -1.84. The number of rotatable bonds is 2. The molecule has 2 N–H and O–H groups in total. The smallest absolute Gasteiger partial charge is 0.248 e. The highest BCUT2D eigenvalue weighted by molar-refractivity contribution is 5.89. The summed E-state index contributed by atoms with van der Waals surface area (Å²) in [7, 11) is 0. The summed E-state index contributed by atoms with van der Waals surface area (Å²) < 4.78 is 0. The van der Waals surface area contributed by atoms with Crippen molar-refractivity contribution in [3.05, 3.63) is 37.0 Å². The van der Waals surface area contributed by atoms with Crippen molar-refractivity contribution >= 4 is 12.1 Å². The molecular formula is C8H9N3O. The maximum absolute atomic E-state index is 10.8. The number of hydrogen-bond acceptors (Lipinski definition) is 3. The molecule has 1 heterocycles. The quantitative estimate of drug-likeness (QED) is 0.574. The summed E-state index contributed by atoms with van der Waals surface area (Å²) in [5, 5.41) is 5.38. The van der Waals surface area contributed by atoms with Gasteiger partial charge < -0.3 is 10.6 Å². The average Bonchev–Trinajstić information content (AvgIpc) is 2.33. The van der Waals surface area contributed by atoms with Gasteiger partial charge in [0.15, 0.2) is 0 Å². The van der Waals surface area contributed by atoms with E-state index in [1.165, 1.54) is 6.08 Å². The maximum Gasteiger partial charge on any atom is 0.248 e. The Morgan fingerprint density at radius 1 is 1.75 bits per heavy atom. The van der Waals surface area contributed by atoms with Crippen LogP contribution in [0.3, 0.4) is 0 Å². The first kappa shape index (κ1) is 8.26. The zero-order valence-corrected chi connectivity index (χ0v) is 6.45. The van der Waals surface area contributed by atoms with E-state index in [9.17, 15) is 4.79 Å². The van der Waals surface area contributed by atoms with Crippen molar-refractivity contribution in [3.63, 3.8) is 0 Å². The molecule has 0 saturated carbocycles. The van der Waals surface area contributed by atoms with Gasteiger partial charge in [0.25, 0.3) is 0 Å². The van der Waals surface area contributed by atoms with Crippen molar-refractivity contribution in [2.45, 2.75) is 0 Å². The molecule has 0 spiro atoms. The highest BCUT2D eigenvalue weighted by Crippen LogP contribution is 1.87. The van der Waals surface area contributed by atoms with Crippen molar-refractivity contribution in [1.29, 1.82) is 0 Å². The van der Waals surface area contributed by atoms with Crippen molar-refractivity contribution < 1.29 is 4.79 Å². The van der Waals surface area contributed by atoms with Crippen LogP contribution in [-0.4, -0.2) is 12.1 Å². The first-order valence-electron chi connectivity index (χ1n) is 3.41. The average molecular weight is 163 g/mol.